The second-order valence-corrected chi connectivity index (χ2v) is 3.85. The molecule has 0 fully saturated rings. The van der Waals surface area contributed by atoms with E-state index >= 15 is 0 Å². The van der Waals surface area contributed by atoms with E-state index in [9.17, 15) is 0 Å². The topological polar surface area (TPSA) is 80.8 Å². The van der Waals surface area contributed by atoms with Gasteiger partial charge in [0, 0.05) is 36.4 Å². The molecule has 0 saturated heterocycles. The Bertz CT molecular complexity index is 453. The van der Waals surface area contributed by atoms with E-state index in [2.05, 4.69) is 27.7 Å². The number of nitrogens with two attached hydrogens (primary N) is 1. The first-order chi connectivity index (χ1) is 8.28. The maximum Gasteiger partial charge on any atom is 0.141 e. The number of nitrogen functional groups attached to an aromatic ring is 1. The van der Waals surface area contributed by atoms with E-state index in [1.807, 2.05) is 29.1 Å². The van der Waals surface area contributed by atoms with Gasteiger partial charge in [-0.1, -0.05) is 0 Å². The minimum atomic E-state index is 0.267. The Morgan fingerprint density at radius 3 is 3.06 bits per heavy atom. The van der Waals surface area contributed by atoms with Crippen molar-refractivity contribution in [3.63, 3.8) is 0 Å². The van der Waals surface area contributed by atoms with Gasteiger partial charge in [-0.05, 0) is 19.1 Å². The zero-order valence-corrected chi connectivity index (χ0v) is 9.67. The Morgan fingerprint density at radius 1 is 1.47 bits per heavy atom. The molecular formula is C11H16N6. The van der Waals surface area contributed by atoms with Crippen LogP contribution in [0.5, 0.6) is 0 Å². The standard InChI is InChI=1S/C11H16N6/c1-9(8-17-6-2-4-14-17)15-10-3-5-13-11(7-10)16-12/h2-7,9H,8,12H2,1H3,(H2,13,15,16). The highest BCUT2D eigenvalue weighted by molar-refractivity contribution is 5.51. The van der Waals surface area contributed by atoms with Crippen molar-refractivity contribution in [2.45, 2.75) is 19.5 Å². The Labute approximate surface area is 99.8 Å². The van der Waals surface area contributed by atoms with Gasteiger partial charge >= 0.3 is 0 Å². The van der Waals surface area contributed by atoms with Crippen LogP contribution in [0.2, 0.25) is 0 Å². The van der Waals surface area contributed by atoms with Gasteiger partial charge in [0.2, 0.25) is 0 Å². The summed E-state index contributed by atoms with van der Waals surface area (Å²) in [5.74, 6) is 5.94. The number of hydrogen-bond donors (Lipinski definition) is 3. The summed E-state index contributed by atoms with van der Waals surface area (Å²) in [4.78, 5) is 4.05. The minimum Gasteiger partial charge on any atom is -0.381 e. The largest absolute Gasteiger partial charge is 0.381 e. The van der Waals surface area contributed by atoms with Gasteiger partial charge in [-0.15, -0.1) is 0 Å². The highest BCUT2D eigenvalue weighted by Gasteiger charge is 2.03. The predicted molar refractivity (Wildman–Crippen MR) is 67.4 cm³/mol. The Balaban J connectivity index is 1.95. The van der Waals surface area contributed by atoms with Crippen LogP contribution in [0.3, 0.4) is 0 Å². The fourth-order valence-corrected chi connectivity index (χ4v) is 1.62. The lowest BCUT2D eigenvalue weighted by Crippen LogP contribution is -2.22. The van der Waals surface area contributed by atoms with Crippen molar-refractivity contribution in [1.29, 1.82) is 0 Å². The molecule has 17 heavy (non-hydrogen) atoms. The SMILES string of the molecule is CC(Cn1cccn1)Nc1ccnc(NN)c1. The predicted octanol–water partition coefficient (Wildman–Crippen LogP) is 1.06. The monoisotopic (exact) mass is 232 g/mol. The van der Waals surface area contributed by atoms with Crippen LogP contribution in [0.15, 0.2) is 36.8 Å². The van der Waals surface area contributed by atoms with Gasteiger partial charge in [0.05, 0.1) is 6.54 Å². The Morgan fingerprint density at radius 2 is 2.35 bits per heavy atom. The summed E-state index contributed by atoms with van der Waals surface area (Å²) < 4.78 is 1.89. The van der Waals surface area contributed by atoms with Gasteiger partial charge in [-0.2, -0.15) is 5.10 Å². The molecule has 0 aliphatic rings. The average molecular weight is 232 g/mol. The summed E-state index contributed by atoms with van der Waals surface area (Å²) in [6, 6.07) is 5.94. The van der Waals surface area contributed by atoms with Crippen LogP contribution >= 0.6 is 0 Å². The van der Waals surface area contributed by atoms with Gasteiger partial charge < -0.3 is 10.7 Å². The third-order valence-electron chi connectivity index (χ3n) is 2.34. The molecule has 1 unspecified atom stereocenters. The number of hydrazine groups is 1. The van der Waals surface area contributed by atoms with Gasteiger partial charge in [0.1, 0.15) is 5.82 Å². The van der Waals surface area contributed by atoms with Crippen LogP contribution in [0.4, 0.5) is 11.5 Å². The molecule has 0 aromatic carbocycles. The van der Waals surface area contributed by atoms with Crippen LogP contribution in [-0.4, -0.2) is 20.8 Å². The number of aromatic nitrogens is 3. The third kappa shape index (κ3) is 3.18. The minimum absolute atomic E-state index is 0.267. The number of anilines is 2. The van der Waals surface area contributed by atoms with Crippen molar-refractivity contribution in [2.75, 3.05) is 10.7 Å². The van der Waals surface area contributed by atoms with E-state index in [0.717, 1.165) is 12.2 Å². The van der Waals surface area contributed by atoms with E-state index in [-0.39, 0.29) is 6.04 Å². The van der Waals surface area contributed by atoms with Crippen molar-refractivity contribution < 1.29 is 0 Å². The van der Waals surface area contributed by atoms with Crippen LogP contribution in [0.25, 0.3) is 0 Å². The molecule has 0 saturated carbocycles. The van der Waals surface area contributed by atoms with Crippen LogP contribution in [0, 0.1) is 0 Å². The molecule has 0 spiro atoms. The number of hydrogen-bond acceptors (Lipinski definition) is 5. The summed E-state index contributed by atoms with van der Waals surface area (Å²) in [6.45, 7) is 2.90. The molecule has 2 rings (SSSR count). The van der Waals surface area contributed by atoms with Gasteiger partial charge in [0.25, 0.3) is 0 Å². The van der Waals surface area contributed by atoms with Gasteiger partial charge in [0.15, 0.2) is 0 Å². The van der Waals surface area contributed by atoms with Gasteiger partial charge in [-0.3, -0.25) is 4.68 Å². The van der Waals surface area contributed by atoms with E-state index in [1.54, 1.807) is 12.4 Å². The highest BCUT2D eigenvalue weighted by Crippen LogP contribution is 2.12. The average Bonchev–Trinajstić information content (AvgIpc) is 2.82. The molecule has 90 valence electrons. The lowest BCUT2D eigenvalue weighted by Gasteiger charge is -2.15. The normalized spacial score (nSPS) is 12.1. The number of pyridine rings is 1. The second kappa shape index (κ2) is 5.31. The molecule has 0 aliphatic carbocycles. The van der Waals surface area contributed by atoms with Crippen molar-refractivity contribution >= 4 is 11.5 Å². The summed E-state index contributed by atoms with van der Waals surface area (Å²) in [5, 5.41) is 7.52. The van der Waals surface area contributed by atoms with E-state index < -0.39 is 0 Å². The highest BCUT2D eigenvalue weighted by atomic mass is 15.3. The maximum absolute atomic E-state index is 5.30. The first-order valence-electron chi connectivity index (χ1n) is 5.44. The smallest absolute Gasteiger partial charge is 0.141 e. The fraction of sp³-hybridized carbons (Fsp3) is 0.273. The molecule has 2 heterocycles. The molecule has 0 radical (unpaired) electrons. The van der Waals surface area contributed by atoms with Crippen molar-refractivity contribution in [1.82, 2.24) is 14.8 Å². The van der Waals surface area contributed by atoms with Crippen LogP contribution < -0.4 is 16.6 Å². The first-order valence-corrected chi connectivity index (χ1v) is 5.44. The molecule has 6 heteroatoms. The molecular weight excluding hydrogens is 216 g/mol. The summed E-state index contributed by atoms with van der Waals surface area (Å²) in [6.07, 6.45) is 5.42. The van der Waals surface area contributed by atoms with Crippen LogP contribution in [0.1, 0.15) is 6.92 Å². The zero-order chi connectivity index (χ0) is 12.1. The molecule has 2 aromatic rings. The van der Waals surface area contributed by atoms with Gasteiger partial charge in [-0.25, -0.2) is 10.8 Å². The molecule has 1 atom stereocenters. The molecule has 6 nitrogen and oxygen atoms in total. The molecule has 0 bridgehead atoms. The fourth-order valence-electron chi connectivity index (χ4n) is 1.62. The van der Waals surface area contributed by atoms with E-state index in [0.29, 0.717) is 5.82 Å². The Kier molecular flexibility index (Phi) is 3.56. The summed E-state index contributed by atoms with van der Waals surface area (Å²) in [7, 11) is 0. The molecule has 0 amide bonds. The first kappa shape index (κ1) is 11.4. The number of nitrogens with zero attached hydrogens (tertiary/aromatic N) is 3. The quantitative estimate of drug-likeness (QED) is 0.530. The van der Waals surface area contributed by atoms with E-state index in [4.69, 9.17) is 5.84 Å². The maximum atomic E-state index is 5.30. The lowest BCUT2D eigenvalue weighted by molar-refractivity contribution is 0.561. The Hall–Kier alpha value is -2.08. The molecule has 0 aliphatic heterocycles. The number of nitrogens with one attached hydrogen (secondary N) is 2. The second-order valence-electron chi connectivity index (χ2n) is 3.85. The molecule has 2 aromatic heterocycles. The third-order valence-corrected chi connectivity index (χ3v) is 2.34. The summed E-state index contributed by atoms with van der Waals surface area (Å²) >= 11 is 0. The summed E-state index contributed by atoms with van der Waals surface area (Å²) in [5.41, 5.74) is 3.50. The lowest BCUT2D eigenvalue weighted by atomic mass is 10.3. The van der Waals surface area contributed by atoms with E-state index in [1.165, 1.54) is 0 Å². The van der Waals surface area contributed by atoms with Crippen LogP contribution in [-0.2, 0) is 6.54 Å². The van der Waals surface area contributed by atoms with Crippen molar-refractivity contribution in [2.24, 2.45) is 5.84 Å². The van der Waals surface area contributed by atoms with Crippen molar-refractivity contribution in [3.8, 4) is 0 Å². The zero-order valence-electron chi connectivity index (χ0n) is 9.67. The van der Waals surface area contributed by atoms with Crippen molar-refractivity contribution in [3.05, 3.63) is 36.8 Å². The number of rotatable bonds is 5. The molecule has 4 N–H and O–H groups in total.